The van der Waals surface area contributed by atoms with Crippen molar-refractivity contribution in [1.29, 1.82) is 0 Å². The number of carbonyl (C=O) groups is 1. The first-order valence-electron chi connectivity index (χ1n) is 5.08. The first kappa shape index (κ1) is 10.5. The minimum absolute atomic E-state index is 0.138. The van der Waals surface area contributed by atoms with Gasteiger partial charge in [0.25, 0.3) is 0 Å². The quantitative estimate of drug-likeness (QED) is 0.447. The Morgan fingerprint density at radius 2 is 2.00 bits per heavy atom. The lowest BCUT2D eigenvalue weighted by molar-refractivity contribution is -0.110. The first-order chi connectivity index (χ1) is 5.95. The molecule has 0 amide bonds. The van der Waals surface area contributed by atoms with Crippen LogP contribution in [0, 0.1) is 17.3 Å². The van der Waals surface area contributed by atoms with Crippen molar-refractivity contribution in [3.63, 3.8) is 0 Å². The Labute approximate surface area is 81.2 Å². The molecule has 0 N–H and O–H groups in total. The Morgan fingerprint density at radius 3 is 2.38 bits per heavy atom. The Morgan fingerprint density at radius 1 is 1.38 bits per heavy atom. The predicted octanol–water partition coefficient (Wildman–Crippen LogP) is 3.20. The van der Waals surface area contributed by atoms with Crippen LogP contribution in [0.1, 0.15) is 40.0 Å². The molecule has 1 aliphatic rings. The second kappa shape index (κ2) is 3.65. The summed E-state index contributed by atoms with van der Waals surface area (Å²) < 4.78 is 0. The average molecular weight is 180 g/mol. The second-order valence-corrected chi connectivity index (χ2v) is 5.25. The zero-order valence-electron chi connectivity index (χ0n) is 8.97. The van der Waals surface area contributed by atoms with Gasteiger partial charge in [0.2, 0.25) is 0 Å². The summed E-state index contributed by atoms with van der Waals surface area (Å²) in [5.74, 6) is 0.842. The SMILES string of the molecule is C=C1C[C@H](C(C)(C)C)CC[C@H]1C=O. The first-order valence-corrected chi connectivity index (χ1v) is 5.08. The third-order valence-electron chi connectivity index (χ3n) is 3.25. The van der Waals surface area contributed by atoms with Gasteiger partial charge in [0, 0.05) is 5.92 Å². The van der Waals surface area contributed by atoms with Gasteiger partial charge >= 0.3 is 0 Å². The van der Waals surface area contributed by atoms with Crippen molar-refractivity contribution in [2.45, 2.75) is 40.0 Å². The summed E-state index contributed by atoms with van der Waals surface area (Å²) in [7, 11) is 0. The van der Waals surface area contributed by atoms with Crippen LogP contribution < -0.4 is 0 Å². The lowest BCUT2D eigenvalue weighted by atomic mass is 9.68. The third-order valence-corrected chi connectivity index (χ3v) is 3.25. The number of rotatable bonds is 1. The standard InChI is InChI=1S/C12H20O/c1-9-7-11(12(2,3)4)6-5-10(9)8-13/h8,10-11H,1,5-7H2,2-4H3/t10-,11+/m0/s1. The van der Waals surface area contributed by atoms with Gasteiger partial charge in [0.05, 0.1) is 0 Å². The Hall–Kier alpha value is -0.590. The molecule has 13 heavy (non-hydrogen) atoms. The lowest BCUT2D eigenvalue weighted by Gasteiger charge is -2.36. The van der Waals surface area contributed by atoms with E-state index in [2.05, 4.69) is 27.4 Å². The van der Waals surface area contributed by atoms with Crippen molar-refractivity contribution < 1.29 is 4.79 Å². The molecule has 0 radical (unpaired) electrons. The largest absolute Gasteiger partial charge is 0.303 e. The van der Waals surface area contributed by atoms with Gasteiger partial charge in [-0.05, 0) is 30.6 Å². The molecule has 0 aromatic rings. The highest BCUT2D eigenvalue weighted by Gasteiger charge is 2.31. The van der Waals surface area contributed by atoms with Crippen molar-refractivity contribution in [2.75, 3.05) is 0 Å². The molecule has 1 heteroatoms. The van der Waals surface area contributed by atoms with Crippen LogP contribution in [0.4, 0.5) is 0 Å². The van der Waals surface area contributed by atoms with E-state index in [0.717, 1.165) is 24.7 Å². The van der Waals surface area contributed by atoms with Crippen molar-refractivity contribution in [1.82, 2.24) is 0 Å². The molecule has 0 bridgehead atoms. The van der Waals surface area contributed by atoms with Crippen LogP contribution in [-0.4, -0.2) is 6.29 Å². The number of hydrogen-bond donors (Lipinski definition) is 0. The highest BCUT2D eigenvalue weighted by atomic mass is 16.1. The zero-order chi connectivity index (χ0) is 10.1. The third kappa shape index (κ3) is 2.43. The molecule has 0 aliphatic heterocycles. The molecule has 1 aliphatic carbocycles. The van der Waals surface area contributed by atoms with Gasteiger partial charge in [0.15, 0.2) is 0 Å². The van der Waals surface area contributed by atoms with Gasteiger partial charge in [-0.2, -0.15) is 0 Å². The predicted molar refractivity (Wildman–Crippen MR) is 55.5 cm³/mol. The number of carbonyl (C=O) groups excluding carboxylic acids is 1. The van der Waals surface area contributed by atoms with E-state index in [1.807, 2.05) is 0 Å². The molecule has 0 aromatic heterocycles. The van der Waals surface area contributed by atoms with Crippen LogP contribution in [0.15, 0.2) is 12.2 Å². The van der Waals surface area contributed by atoms with E-state index in [9.17, 15) is 4.79 Å². The molecule has 74 valence electrons. The number of aldehydes is 1. The number of allylic oxidation sites excluding steroid dienone is 1. The summed E-state index contributed by atoms with van der Waals surface area (Å²) in [5, 5.41) is 0. The van der Waals surface area contributed by atoms with Crippen molar-refractivity contribution >= 4 is 6.29 Å². The Balaban J connectivity index is 2.61. The molecule has 0 heterocycles. The summed E-state index contributed by atoms with van der Waals surface area (Å²) >= 11 is 0. The van der Waals surface area contributed by atoms with E-state index >= 15 is 0 Å². The van der Waals surface area contributed by atoms with Crippen molar-refractivity contribution in [3.8, 4) is 0 Å². The second-order valence-electron chi connectivity index (χ2n) is 5.25. The molecule has 1 rings (SSSR count). The molecule has 1 fully saturated rings. The van der Waals surface area contributed by atoms with Crippen molar-refractivity contribution in [2.24, 2.45) is 17.3 Å². The zero-order valence-corrected chi connectivity index (χ0v) is 8.97. The summed E-state index contributed by atoms with van der Waals surface area (Å²) in [4.78, 5) is 10.7. The summed E-state index contributed by atoms with van der Waals surface area (Å²) in [6.07, 6.45) is 4.27. The summed E-state index contributed by atoms with van der Waals surface area (Å²) in [6.45, 7) is 10.8. The van der Waals surface area contributed by atoms with E-state index < -0.39 is 0 Å². The van der Waals surface area contributed by atoms with Gasteiger partial charge in [-0.1, -0.05) is 32.9 Å². The fraction of sp³-hybridized carbons (Fsp3) is 0.750. The summed E-state index contributed by atoms with van der Waals surface area (Å²) in [6, 6.07) is 0. The molecule has 0 aromatic carbocycles. The molecule has 0 spiro atoms. The van der Waals surface area contributed by atoms with Gasteiger partial charge in [0.1, 0.15) is 6.29 Å². The minimum Gasteiger partial charge on any atom is -0.303 e. The maximum absolute atomic E-state index is 10.7. The molecule has 1 nitrogen and oxygen atoms in total. The fourth-order valence-corrected chi connectivity index (χ4v) is 2.06. The van der Waals surface area contributed by atoms with Crippen LogP contribution in [0.25, 0.3) is 0 Å². The highest BCUT2D eigenvalue weighted by molar-refractivity contribution is 5.58. The van der Waals surface area contributed by atoms with Gasteiger partial charge in [-0.25, -0.2) is 0 Å². The van der Waals surface area contributed by atoms with Crippen LogP contribution in [0.2, 0.25) is 0 Å². The van der Waals surface area contributed by atoms with E-state index in [-0.39, 0.29) is 5.92 Å². The maximum atomic E-state index is 10.7. The van der Waals surface area contributed by atoms with Gasteiger partial charge < -0.3 is 4.79 Å². The molecular formula is C12H20O. The van der Waals surface area contributed by atoms with Gasteiger partial charge in [-0.15, -0.1) is 0 Å². The highest BCUT2D eigenvalue weighted by Crippen LogP contribution is 2.41. The van der Waals surface area contributed by atoms with E-state index in [0.29, 0.717) is 11.3 Å². The Kier molecular flexibility index (Phi) is 2.94. The Bertz CT molecular complexity index is 210. The van der Waals surface area contributed by atoms with E-state index in [1.165, 1.54) is 6.42 Å². The maximum Gasteiger partial charge on any atom is 0.127 e. The topological polar surface area (TPSA) is 17.1 Å². The normalized spacial score (nSPS) is 30.2. The molecule has 1 saturated carbocycles. The minimum atomic E-state index is 0.138. The van der Waals surface area contributed by atoms with E-state index in [1.54, 1.807) is 0 Å². The van der Waals surface area contributed by atoms with Crippen molar-refractivity contribution in [3.05, 3.63) is 12.2 Å². The molecular weight excluding hydrogens is 160 g/mol. The summed E-state index contributed by atoms with van der Waals surface area (Å²) in [5.41, 5.74) is 1.50. The van der Waals surface area contributed by atoms with Crippen LogP contribution in [0.5, 0.6) is 0 Å². The van der Waals surface area contributed by atoms with Crippen LogP contribution >= 0.6 is 0 Å². The smallest absolute Gasteiger partial charge is 0.127 e. The van der Waals surface area contributed by atoms with Crippen LogP contribution in [-0.2, 0) is 4.79 Å². The van der Waals surface area contributed by atoms with Crippen LogP contribution in [0.3, 0.4) is 0 Å². The van der Waals surface area contributed by atoms with Gasteiger partial charge in [-0.3, -0.25) is 0 Å². The molecule has 0 unspecified atom stereocenters. The monoisotopic (exact) mass is 180 g/mol. The lowest BCUT2D eigenvalue weighted by Crippen LogP contribution is -2.27. The molecule has 0 saturated heterocycles. The molecule has 2 atom stereocenters. The van der Waals surface area contributed by atoms with E-state index in [4.69, 9.17) is 0 Å². The number of hydrogen-bond acceptors (Lipinski definition) is 1. The average Bonchev–Trinajstić information content (AvgIpc) is 2.02. The fourth-order valence-electron chi connectivity index (χ4n) is 2.06.